The van der Waals surface area contributed by atoms with Crippen molar-refractivity contribution < 1.29 is 4.79 Å². The number of nitrogens with two attached hydrogens (primary N) is 1. The highest BCUT2D eigenvalue weighted by atomic mass is 79.9. The Morgan fingerprint density at radius 1 is 1.59 bits per heavy atom. The van der Waals surface area contributed by atoms with Gasteiger partial charge in [-0.05, 0) is 59.5 Å². The quantitative estimate of drug-likeness (QED) is 0.821. The van der Waals surface area contributed by atoms with Crippen molar-refractivity contribution in [3.8, 4) is 0 Å². The molecular weight excluding hydrogens is 300 g/mol. The predicted octanol–water partition coefficient (Wildman–Crippen LogP) is 2.90. The summed E-state index contributed by atoms with van der Waals surface area (Å²) in [6.45, 7) is 2.01. The topological polar surface area (TPSA) is 55.1 Å². The lowest BCUT2D eigenvalue weighted by molar-refractivity contribution is 0.0939. The monoisotopic (exact) mass is 316 g/mol. The van der Waals surface area contributed by atoms with Crippen molar-refractivity contribution in [1.82, 2.24) is 5.32 Å². The first-order valence-corrected chi connectivity index (χ1v) is 7.58. The third-order valence-corrected chi connectivity index (χ3v) is 3.73. The molecule has 1 aromatic rings. The zero-order valence-electron chi connectivity index (χ0n) is 10.00. The molecule has 0 aliphatic heterocycles. The van der Waals surface area contributed by atoms with E-state index in [-0.39, 0.29) is 11.9 Å². The molecule has 0 aromatic heterocycles. The maximum Gasteiger partial charge on any atom is 0.251 e. The fourth-order valence-corrected chi connectivity index (χ4v) is 2.31. The van der Waals surface area contributed by atoms with E-state index in [4.69, 9.17) is 5.73 Å². The smallest absolute Gasteiger partial charge is 0.251 e. The number of halogens is 1. The van der Waals surface area contributed by atoms with Gasteiger partial charge in [0.2, 0.25) is 0 Å². The van der Waals surface area contributed by atoms with Gasteiger partial charge in [-0.25, -0.2) is 0 Å². The summed E-state index contributed by atoms with van der Waals surface area (Å²) in [6, 6.07) is 5.39. The van der Waals surface area contributed by atoms with Crippen molar-refractivity contribution in [2.24, 2.45) is 0 Å². The van der Waals surface area contributed by atoms with Gasteiger partial charge < -0.3 is 11.1 Å². The number of rotatable bonds is 5. The zero-order valence-corrected chi connectivity index (χ0v) is 12.4. The van der Waals surface area contributed by atoms with Crippen LogP contribution in [0, 0.1) is 0 Å². The van der Waals surface area contributed by atoms with Crippen molar-refractivity contribution in [3.05, 3.63) is 28.2 Å². The zero-order chi connectivity index (χ0) is 12.8. The van der Waals surface area contributed by atoms with Gasteiger partial charge in [0.15, 0.2) is 0 Å². The van der Waals surface area contributed by atoms with Crippen LogP contribution in [0.25, 0.3) is 0 Å². The molecule has 1 unspecified atom stereocenters. The molecule has 1 rings (SSSR count). The number of nitrogen functional groups attached to an aromatic ring is 1. The number of benzene rings is 1. The lowest BCUT2D eigenvalue weighted by atomic mass is 10.1. The van der Waals surface area contributed by atoms with Crippen LogP contribution < -0.4 is 11.1 Å². The fraction of sp³-hybridized carbons (Fsp3) is 0.417. The van der Waals surface area contributed by atoms with E-state index in [2.05, 4.69) is 27.5 Å². The number of amides is 1. The Labute approximate surface area is 115 Å². The second-order valence-electron chi connectivity index (χ2n) is 3.89. The Kier molecular flexibility index (Phi) is 5.85. The number of carbonyl (C=O) groups excluding carboxylic acids is 1. The second-order valence-corrected chi connectivity index (χ2v) is 5.73. The summed E-state index contributed by atoms with van der Waals surface area (Å²) >= 11 is 5.10. The summed E-state index contributed by atoms with van der Waals surface area (Å²) in [5.74, 6) is 0.992. The third kappa shape index (κ3) is 4.60. The molecule has 17 heavy (non-hydrogen) atoms. The van der Waals surface area contributed by atoms with Gasteiger partial charge in [0, 0.05) is 21.8 Å². The molecule has 0 saturated carbocycles. The Morgan fingerprint density at radius 2 is 2.29 bits per heavy atom. The molecule has 0 aliphatic rings. The molecule has 1 aromatic carbocycles. The van der Waals surface area contributed by atoms with Crippen molar-refractivity contribution in [2.45, 2.75) is 19.4 Å². The number of hydrogen-bond acceptors (Lipinski definition) is 3. The van der Waals surface area contributed by atoms with E-state index in [1.807, 2.05) is 6.92 Å². The molecular formula is C12H17BrN2OS. The summed E-state index contributed by atoms with van der Waals surface area (Å²) in [5.41, 5.74) is 6.94. The molecule has 0 heterocycles. The Hall–Kier alpha value is -0.680. The number of carbonyl (C=O) groups is 1. The molecule has 0 saturated heterocycles. The van der Waals surface area contributed by atoms with Crippen molar-refractivity contribution in [2.75, 3.05) is 17.7 Å². The van der Waals surface area contributed by atoms with E-state index >= 15 is 0 Å². The fourth-order valence-electron chi connectivity index (χ4n) is 1.34. The molecule has 0 aliphatic carbocycles. The Balaban J connectivity index is 2.60. The Bertz CT molecular complexity index is 398. The number of anilines is 1. The van der Waals surface area contributed by atoms with Crippen molar-refractivity contribution in [1.29, 1.82) is 0 Å². The van der Waals surface area contributed by atoms with Crippen LogP contribution in [0.2, 0.25) is 0 Å². The van der Waals surface area contributed by atoms with Gasteiger partial charge in [-0.1, -0.05) is 0 Å². The number of thioether (sulfide) groups is 1. The molecule has 0 bridgehead atoms. The van der Waals surface area contributed by atoms with Gasteiger partial charge in [-0.2, -0.15) is 11.8 Å². The van der Waals surface area contributed by atoms with Crippen LogP contribution in [0.3, 0.4) is 0 Å². The highest BCUT2D eigenvalue weighted by Gasteiger charge is 2.10. The van der Waals surface area contributed by atoms with Gasteiger partial charge in [0.25, 0.3) is 5.91 Å². The van der Waals surface area contributed by atoms with E-state index < -0.39 is 0 Å². The summed E-state index contributed by atoms with van der Waals surface area (Å²) in [7, 11) is 0. The third-order valence-electron chi connectivity index (χ3n) is 2.40. The van der Waals surface area contributed by atoms with Crippen LogP contribution >= 0.6 is 27.7 Å². The molecule has 3 nitrogen and oxygen atoms in total. The number of hydrogen-bond donors (Lipinski definition) is 2. The highest BCUT2D eigenvalue weighted by molar-refractivity contribution is 9.10. The van der Waals surface area contributed by atoms with Gasteiger partial charge >= 0.3 is 0 Å². The van der Waals surface area contributed by atoms with E-state index in [0.717, 1.165) is 16.6 Å². The molecule has 1 atom stereocenters. The SMILES string of the molecule is CSCCC(C)NC(=O)c1ccc(N)c(Br)c1. The van der Waals surface area contributed by atoms with E-state index in [1.54, 1.807) is 30.0 Å². The molecule has 3 N–H and O–H groups in total. The van der Waals surface area contributed by atoms with Gasteiger partial charge in [0.1, 0.15) is 0 Å². The largest absolute Gasteiger partial charge is 0.398 e. The average Bonchev–Trinajstić information content (AvgIpc) is 2.30. The van der Waals surface area contributed by atoms with Crippen LogP contribution in [-0.2, 0) is 0 Å². The molecule has 5 heteroatoms. The predicted molar refractivity (Wildman–Crippen MR) is 78.5 cm³/mol. The van der Waals surface area contributed by atoms with Crippen LogP contribution in [-0.4, -0.2) is 24.0 Å². The van der Waals surface area contributed by atoms with Crippen LogP contribution in [0.1, 0.15) is 23.7 Å². The van der Waals surface area contributed by atoms with E-state index in [9.17, 15) is 4.79 Å². The summed E-state index contributed by atoms with van der Waals surface area (Å²) in [6.07, 6.45) is 3.04. The Morgan fingerprint density at radius 3 is 2.88 bits per heavy atom. The first-order chi connectivity index (χ1) is 8.04. The summed E-state index contributed by atoms with van der Waals surface area (Å²) in [4.78, 5) is 11.9. The normalized spacial score (nSPS) is 12.2. The average molecular weight is 317 g/mol. The minimum atomic E-state index is -0.0562. The van der Waals surface area contributed by atoms with Crippen LogP contribution in [0.5, 0.6) is 0 Å². The van der Waals surface area contributed by atoms with Gasteiger partial charge in [0.05, 0.1) is 0 Å². The summed E-state index contributed by atoms with van der Waals surface area (Å²) in [5, 5.41) is 2.96. The van der Waals surface area contributed by atoms with Crippen molar-refractivity contribution in [3.63, 3.8) is 0 Å². The van der Waals surface area contributed by atoms with E-state index in [0.29, 0.717) is 11.3 Å². The van der Waals surface area contributed by atoms with Crippen molar-refractivity contribution >= 4 is 39.3 Å². The van der Waals surface area contributed by atoms with Gasteiger partial charge in [-0.3, -0.25) is 4.79 Å². The van der Waals surface area contributed by atoms with E-state index in [1.165, 1.54) is 0 Å². The first kappa shape index (κ1) is 14.4. The molecule has 94 valence electrons. The van der Waals surface area contributed by atoms with Gasteiger partial charge in [-0.15, -0.1) is 0 Å². The molecule has 0 fully saturated rings. The maximum atomic E-state index is 11.9. The highest BCUT2D eigenvalue weighted by Crippen LogP contribution is 2.20. The maximum absolute atomic E-state index is 11.9. The molecule has 0 spiro atoms. The minimum Gasteiger partial charge on any atom is -0.398 e. The minimum absolute atomic E-state index is 0.0562. The standard InChI is InChI=1S/C12H17BrN2OS/c1-8(5-6-17-2)15-12(16)9-3-4-11(14)10(13)7-9/h3-4,7-8H,5-6,14H2,1-2H3,(H,15,16). The number of nitrogens with one attached hydrogen (secondary N) is 1. The first-order valence-electron chi connectivity index (χ1n) is 5.39. The van der Waals surface area contributed by atoms with Crippen LogP contribution in [0.4, 0.5) is 5.69 Å². The second kappa shape index (κ2) is 6.91. The lowest BCUT2D eigenvalue weighted by Gasteiger charge is -2.13. The van der Waals surface area contributed by atoms with Crippen LogP contribution in [0.15, 0.2) is 22.7 Å². The molecule has 1 amide bonds. The summed E-state index contributed by atoms with van der Waals surface area (Å²) < 4.78 is 0.752. The molecule has 0 radical (unpaired) electrons. The lowest BCUT2D eigenvalue weighted by Crippen LogP contribution is -2.32.